The number of carbonyl (C=O) groups is 1. The van der Waals surface area contributed by atoms with Gasteiger partial charge < -0.3 is 15.3 Å². The van der Waals surface area contributed by atoms with Crippen molar-refractivity contribution in [2.45, 2.75) is 25.7 Å². The average Bonchev–Trinajstić information content (AvgIpc) is 2.44. The van der Waals surface area contributed by atoms with Gasteiger partial charge >= 0.3 is 0 Å². The molecular formula is C15H22N2O2. The van der Waals surface area contributed by atoms with E-state index in [1.54, 1.807) is 0 Å². The molecule has 1 amide bonds. The number of aliphatic hydroxyl groups is 1. The number of aliphatic hydroxyl groups excluding tert-OH is 1. The maximum absolute atomic E-state index is 12.0. The van der Waals surface area contributed by atoms with E-state index in [4.69, 9.17) is 5.11 Å². The Kier molecular flexibility index (Phi) is 4.93. The molecule has 0 unspecified atom stereocenters. The molecule has 0 spiro atoms. The van der Waals surface area contributed by atoms with Gasteiger partial charge in [0.1, 0.15) is 0 Å². The van der Waals surface area contributed by atoms with E-state index in [-0.39, 0.29) is 12.5 Å². The highest BCUT2D eigenvalue weighted by Gasteiger charge is 2.23. The van der Waals surface area contributed by atoms with Crippen LogP contribution in [0.25, 0.3) is 0 Å². The van der Waals surface area contributed by atoms with E-state index in [1.807, 2.05) is 11.9 Å². The van der Waals surface area contributed by atoms with Crippen molar-refractivity contribution in [2.24, 2.45) is 0 Å². The molecule has 1 aliphatic rings. The zero-order valence-corrected chi connectivity index (χ0v) is 11.5. The molecule has 1 aromatic rings. The van der Waals surface area contributed by atoms with Gasteiger partial charge in [0.2, 0.25) is 5.91 Å². The van der Waals surface area contributed by atoms with E-state index < -0.39 is 0 Å². The molecule has 104 valence electrons. The molecule has 2 N–H and O–H groups in total. The van der Waals surface area contributed by atoms with E-state index >= 15 is 0 Å². The van der Waals surface area contributed by atoms with Crippen molar-refractivity contribution in [2.75, 3.05) is 31.6 Å². The molecule has 0 atom stereocenters. The fraction of sp³-hybridized carbons (Fsp3) is 0.533. The van der Waals surface area contributed by atoms with Gasteiger partial charge in [-0.3, -0.25) is 4.79 Å². The van der Waals surface area contributed by atoms with Crippen LogP contribution in [-0.2, 0) is 17.6 Å². The summed E-state index contributed by atoms with van der Waals surface area (Å²) in [6.07, 6.45) is 3.05. The van der Waals surface area contributed by atoms with Crippen LogP contribution in [0, 0.1) is 0 Å². The molecule has 0 bridgehead atoms. The summed E-state index contributed by atoms with van der Waals surface area (Å²) in [5.41, 5.74) is 3.59. The van der Waals surface area contributed by atoms with Gasteiger partial charge in [0.25, 0.3) is 0 Å². The van der Waals surface area contributed by atoms with Crippen LogP contribution in [0.3, 0.4) is 0 Å². The van der Waals surface area contributed by atoms with Gasteiger partial charge in [-0.2, -0.15) is 0 Å². The zero-order chi connectivity index (χ0) is 13.7. The van der Waals surface area contributed by atoms with Gasteiger partial charge in [-0.15, -0.1) is 0 Å². The largest absolute Gasteiger partial charge is 0.396 e. The van der Waals surface area contributed by atoms with Crippen molar-refractivity contribution in [3.05, 3.63) is 29.3 Å². The number of nitrogens with zero attached hydrogens (tertiary/aromatic N) is 1. The number of aryl methyl sites for hydroxylation is 1. The molecule has 0 radical (unpaired) electrons. The maximum atomic E-state index is 12.0. The fourth-order valence-electron chi connectivity index (χ4n) is 2.51. The molecule has 1 aromatic carbocycles. The average molecular weight is 262 g/mol. The first-order valence-corrected chi connectivity index (χ1v) is 6.94. The maximum Gasteiger partial charge on any atom is 0.227 e. The van der Waals surface area contributed by atoms with Crippen LogP contribution in [0.5, 0.6) is 0 Å². The fourth-order valence-corrected chi connectivity index (χ4v) is 2.51. The summed E-state index contributed by atoms with van der Waals surface area (Å²) in [6.45, 7) is 1.70. The number of anilines is 1. The summed E-state index contributed by atoms with van der Waals surface area (Å²) >= 11 is 0. The van der Waals surface area contributed by atoms with Gasteiger partial charge in [-0.05, 0) is 50.0 Å². The predicted octanol–water partition coefficient (Wildman–Crippen LogP) is 1.11. The minimum absolute atomic E-state index is 0.124. The molecule has 0 fully saturated rings. The lowest BCUT2D eigenvalue weighted by Gasteiger charge is -2.29. The molecule has 0 aromatic heterocycles. The molecule has 1 aliphatic heterocycles. The number of rotatable bonds is 6. The van der Waals surface area contributed by atoms with Crippen molar-refractivity contribution < 1.29 is 9.90 Å². The summed E-state index contributed by atoms with van der Waals surface area (Å²) in [5, 5.41) is 12.1. The Hall–Kier alpha value is -1.39. The second kappa shape index (κ2) is 6.68. The summed E-state index contributed by atoms with van der Waals surface area (Å²) in [7, 11) is 1.95. The molecule has 19 heavy (non-hydrogen) atoms. The van der Waals surface area contributed by atoms with Crippen LogP contribution in [0.1, 0.15) is 24.0 Å². The Balaban J connectivity index is 2.18. The summed E-state index contributed by atoms with van der Waals surface area (Å²) in [4.78, 5) is 13.8. The number of benzene rings is 1. The summed E-state index contributed by atoms with van der Waals surface area (Å²) in [5.74, 6) is 0.170. The van der Waals surface area contributed by atoms with Crippen LogP contribution < -0.4 is 10.2 Å². The summed E-state index contributed by atoms with van der Waals surface area (Å²) < 4.78 is 0. The Morgan fingerprint density at radius 1 is 1.37 bits per heavy atom. The first-order valence-electron chi connectivity index (χ1n) is 6.94. The van der Waals surface area contributed by atoms with E-state index in [2.05, 4.69) is 23.5 Å². The van der Waals surface area contributed by atoms with Crippen molar-refractivity contribution in [1.29, 1.82) is 0 Å². The molecule has 0 saturated heterocycles. The highest BCUT2D eigenvalue weighted by molar-refractivity contribution is 5.96. The quantitative estimate of drug-likeness (QED) is 0.807. The standard InChI is InChI=1S/C15H22N2O2/c1-16-8-7-12-3-5-14-13(11-12)4-6-15(19)17(14)9-2-10-18/h3,5,11,16,18H,2,4,6-10H2,1H3. The number of fused-ring (bicyclic) bond motifs is 1. The first-order chi connectivity index (χ1) is 9.26. The van der Waals surface area contributed by atoms with Crippen molar-refractivity contribution >= 4 is 11.6 Å². The third kappa shape index (κ3) is 3.33. The van der Waals surface area contributed by atoms with Gasteiger partial charge in [0, 0.05) is 25.3 Å². The number of hydrogen-bond acceptors (Lipinski definition) is 3. The number of amides is 1. The summed E-state index contributed by atoms with van der Waals surface area (Å²) in [6, 6.07) is 6.36. The van der Waals surface area contributed by atoms with E-state index in [9.17, 15) is 4.79 Å². The van der Waals surface area contributed by atoms with Gasteiger partial charge in [0.15, 0.2) is 0 Å². The third-order valence-corrected chi connectivity index (χ3v) is 3.55. The van der Waals surface area contributed by atoms with Gasteiger partial charge in [0.05, 0.1) is 0 Å². The van der Waals surface area contributed by atoms with Crippen LogP contribution >= 0.6 is 0 Å². The molecule has 4 heteroatoms. The first kappa shape index (κ1) is 14.0. The van der Waals surface area contributed by atoms with Crippen LogP contribution in [0.2, 0.25) is 0 Å². The number of nitrogens with one attached hydrogen (secondary N) is 1. The Morgan fingerprint density at radius 2 is 2.21 bits per heavy atom. The molecule has 0 aliphatic carbocycles. The highest BCUT2D eigenvalue weighted by Crippen LogP contribution is 2.29. The van der Waals surface area contributed by atoms with Gasteiger partial charge in [-0.25, -0.2) is 0 Å². The molecule has 2 rings (SSSR count). The van der Waals surface area contributed by atoms with Crippen molar-refractivity contribution in [1.82, 2.24) is 5.32 Å². The number of likely N-dealkylation sites (N-methyl/N-ethyl adjacent to an activating group) is 1. The van der Waals surface area contributed by atoms with E-state index in [1.165, 1.54) is 11.1 Å². The van der Waals surface area contributed by atoms with E-state index in [0.29, 0.717) is 19.4 Å². The second-order valence-corrected chi connectivity index (χ2v) is 4.94. The highest BCUT2D eigenvalue weighted by atomic mass is 16.3. The third-order valence-electron chi connectivity index (χ3n) is 3.55. The zero-order valence-electron chi connectivity index (χ0n) is 11.5. The molecule has 4 nitrogen and oxygen atoms in total. The predicted molar refractivity (Wildman–Crippen MR) is 76.4 cm³/mol. The second-order valence-electron chi connectivity index (χ2n) is 4.94. The lowest BCUT2D eigenvalue weighted by Crippen LogP contribution is -2.36. The Labute approximate surface area is 114 Å². The minimum Gasteiger partial charge on any atom is -0.396 e. The van der Waals surface area contributed by atoms with Crippen molar-refractivity contribution in [3.63, 3.8) is 0 Å². The van der Waals surface area contributed by atoms with E-state index in [0.717, 1.165) is 25.1 Å². The SMILES string of the molecule is CNCCc1ccc2c(c1)CCC(=O)N2CCCO. The lowest BCUT2D eigenvalue weighted by atomic mass is 9.97. The topological polar surface area (TPSA) is 52.6 Å². The Bertz CT molecular complexity index is 446. The number of carbonyl (C=O) groups excluding carboxylic acids is 1. The van der Waals surface area contributed by atoms with Crippen LogP contribution in [0.15, 0.2) is 18.2 Å². The monoisotopic (exact) mass is 262 g/mol. The van der Waals surface area contributed by atoms with Crippen molar-refractivity contribution in [3.8, 4) is 0 Å². The number of hydrogen-bond donors (Lipinski definition) is 2. The normalized spacial score (nSPS) is 14.6. The molecule has 1 heterocycles. The molecule has 0 saturated carbocycles. The lowest BCUT2D eigenvalue weighted by molar-refractivity contribution is -0.118. The Morgan fingerprint density at radius 3 is 2.95 bits per heavy atom. The molecular weight excluding hydrogens is 240 g/mol. The minimum atomic E-state index is 0.124. The van der Waals surface area contributed by atoms with Crippen LogP contribution in [0.4, 0.5) is 5.69 Å². The van der Waals surface area contributed by atoms with Gasteiger partial charge in [-0.1, -0.05) is 12.1 Å². The van der Waals surface area contributed by atoms with Crippen LogP contribution in [-0.4, -0.2) is 37.8 Å². The smallest absolute Gasteiger partial charge is 0.227 e.